The molecule has 1 aliphatic heterocycles. The summed E-state index contributed by atoms with van der Waals surface area (Å²) in [4.78, 5) is 26.1. The van der Waals surface area contributed by atoms with E-state index in [0.29, 0.717) is 30.8 Å². The fourth-order valence-corrected chi connectivity index (χ4v) is 5.52. The maximum atomic E-state index is 13.0. The summed E-state index contributed by atoms with van der Waals surface area (Å²) >= 11 is 0. The quantitative estimate of drug-likeness (QED) is 0.794. The zero-order valence-electron chi connectivity index (χ0n) is 16.8. The molecule has 0 spiro atoms. The predicted octanol–water partition coefficient (Wildman–Crippen LogP) is 1.17. The predicted molar refractivity (Wildman–Crippen MR) is 106 cm³/mol. The van der Waals surface area contributed by atoms with Crippen LogP contribution in [0.15, 0.2) is 23.1 Å². The Bertz CT molecular complexity index is 858. The van der Waals surface area contributed by atoms with Crippen molar-refractivity contribution in [2.75, 3.05) is 27.2 Å². The highest BCUT2D eigenvalue weighted by Gasteiger charge is 2.33. The minimum Gasteiger partial charge on any atom is -0.347 e. The molecule has 2 aliphatic rings. The van der Waals surface area contributed by atoms with E-state index >= 15 is 0 Å². The minimum absolute atomic E-state index is 0.162. The van der Waals surface area contributed by atoms with Gasteiger partial charge < -0.3 is 10.2 Å². The van der Waals surface area contributed by atoms with Gasteiger partial charge in [-0.2, -0.15) is 4.31 Å². The lowest BCUT2D eigenvalue weighted by Crippen LogP contribution is -2.48. The van der Waals surface area contributed by atoms with Crippen LogP contribution in [-0.4, -0.2) is 62.7 Å². The molecule has 1 aromatic rings. The van der Waals surface area contributed by atoms with E-state index in [-0.39, 0.29) is 17.7 Å². The zero-order chi connectivity index (χ0) is 20.5. The SMILES string of the molecule is C[C@@H](NC(=O)C1CCN(S(=O)(=O)c2ccc3c(c2)CCC3)CC1)C(=O)N(C)C. The number of sulfonamides is 1. The Balaban J connectivity index is 1.60. The molecule has 1 saturated heterocycles. The first kappa shape index (κ1) is 20.8. The van der Waals surface area contributed by atoms with Crippen molar-refractivity contribution in [2.24, 2.45) is 5.92 Å². The fourth-order valence-electron chi connectivity index (χ4n) is 4.00. The Morgan fingerprint density at radius 3 is 2.43 bits per heavy atom. The van der Waals surface area contributed by atoms with Crippen LogP contribution < -0.4 is 5.32 Å². The first-order valence-electron chi connectivity index (χ1n) is 9.83. The Labute approximate surface area is 167 Å². The van der Waals surface area contributed by atoms with Gasteiger partial charge in [0, 0.05) is 33.1 Å². The largest absolute Gasteiger partial charge is 0.347 e. The maximum Gasteiger partial charge on any atom is 0.244 e. The summed E-state index contributed by atoms with van der Waals surface area (Å²) < 4.78 is 27.4. The molecule has 0 aromatic heterocycles. The molecule has 28 heavy (non-hydrogen) atoms. The number of hydrogen-bond acceptors (Lipinski definition) is 4. The standard InChI is InChI=1S/C20H29N3O4S/c1-14(20(25)22(2)3)21-19(24)16-9-11-23(12-10-16)28(26,27)18-8-7-15-5-4-6-17(15)13-18/h7-8,13-14,16H,4-6,9-12H2,1-3H3,(H,21,24)/t14-/m1/s1. The number of rotatable bonds is 5. The topological polar surface area (TPSA) is 86.8 Å². The first-order valence-corrected chi connectivity index (χ1v) is 11.3. The highest BCUT2D eigenvalue weighted by Crippen LogP contribution is 2.28. The Morgan fingerprint density at radius 2 is 1.79 bits per heavy atom. The highest BCUT2D eigenvalue weighted by atomic mass is 32.2. The van der Waals surface area contributed by atoms with Gasteiger partial charge in [0.1, 0.15) is 6.04 Å². The van der Waals surface area contributed by atoms with Gasteiger partial charge in [0.2, 0.25) is 21.8 Å². The Hall–Kier alpha value is -1.93. The average Bonchev–Trinajstić information content (AvgIpc) is 3.15. The molecule has 154 valence electrons. The molecular formula is C20H29N3O4S. The third-order valence-corrected chi connectivity index (χ3v) is 7.60. The Kier molecular flexibility index (Phi) is 6.09. The van der Waals surface area contributed by atoms with Crippen molar-refractivity contribution < 1.29 is 18.0 Å². The molecule has 0 bridgehead atoms. The summed E-state index contributed by atoms with van der Waals surface area (Å²) in [6.45, 7) is 2.29. The number of carbonyl (C=O) groups is 2. The van der Waals surface area contributed by atoms with Crippen LogP contribution >= 0.6 is 0 Å². The molecular weight excluding hydrogens is 378 g/mol. The summed E-state index contributed by atoms with van der Waals surface area (Å²) in [7, 11) is -0.247. The number of amides is 2. The van der Waals surface area contributed by atoms with Crippen LogP contribution in [0.5, 0.6) is 0 Å². The lowest BCUT2D eigenvalue weighted by atomic mass is 9.97. The van der Waals surface area contributed by atoms with Gasteiger partial charge in [-0.25, -0.2) is 8.42 Å². The molecule has 1 heterocycles. The van der Waals surface area contributed by atoms with E-state index in [9.17, 15) is 18.0 Å². The molecule has 2 amide bonds. The van der Waals surface area contributed by atoms with Crippen LogP contribution in [0.2, 0.25) is 0 Å². The van der Waals surface area contributed by atoms with Crippen molar-refractivity contribution in [1.29, 1.82) is 0 Å². The second-order valence-electron chi connectivity index (χ2n) is 7.93. The van der Waals surface area contributed by atoms with Crippen molar-refractivity contribution >= 4 is 21.8 Å². The van der Waals surface area contributed by atoms with Crippen molar-refractivity contribution in [3.8, 4) is 0 Å². The summed E-state index contributed by atoms with van der Waals surface area (Å²) in [5.41, 5.74) is 2.38. The van der Waals surface area contributed by atoms with E-state index < -0.39 is 16.1 Å². The van der Waals surface area contributed by atoms with Crippen LogP contribution in [0.25, 0.3) is 0 Å². The lowest BCUT2D eigenvalue weighted by molar-refractivity contribution is -0.135. The molecule has 8 heteroatoms. The van der Waals surface area contributed by atoms with Gasteiger partial charge in [-0.1, -0.05) is 6.07 Å². The summed E-state index contributed by atoms with van der Waals surface area (Å²) in [5, 5.41) is 2.75. The molecule has 1 fully saturated rings. The number of benzene rings is 1. The summed E-state index contributed by atoms with van der Waals surface area (Å²) in [6, 6.07) is 4.85. The van der Waals surface area contributed by atoms with E-state index in [4.69, 9.17) is 0 Å². The summed E-state index contributed by atoms with van der Waals surface area (Å²) in [5.74, 6) is -0.619. The smallest absolute Gasteiger partial charge is 0.244 e. The van der Waals surface area contributed by atoms with Gasteiger partial charge in [-0.3, -0.25) is 9.59 Å². The number of nitrogens with zero attached hydrogens (tertiary/aromatic N) is 2. The number of carbonyl (C=O) groups excluding carboxylic acids is 2. The van der Waals surface area contributed by atoms with Gasteiger partial charge in [-0.15, -0.1) is 0 Å². The molecule has 1 aromatic carbocycles. The average molecular weight is 408 g/mol. The van der Waals surface area contributed by atoms with Crippen molar-refractivity contribution in [1.82, 2.24) is 14.5 Å². The number of fused-ring (bicyclic) bond motifs is 1. The normalized spacial score (nSPS) is 19.1. The van der Waals surface area contributed by atoms with Gasteiger partial charge in [0.15, 0.2) is 0 Å². The number of nitrogens with one attached hydrogen (secondary N) is 1. The van der Waals surface area contributed by atoms with E-state index in [1.807, 2.05) is 12.1 Å². The van der Waals surface area contributed by atoms with Crippen molar-refractivity contribution in [2.45, 2.75) is 50.0 Å². The molecule has 7 nitrogen and oxygen atoms in total. The number of likely N-dealkylation sites (N-methyl/N-ethyl adjacent to an activating group) is 1. The maximum absolute atomic E-state index is 13.0. The molecule has 0 unspecified atom stereocenters. The van der Waals surface area contributed by atoms with Gasteiger partial charge in [-0.05, 0) is 62.3 Å². The van der Waals surface area contributed by atoms with Crippen molar-refractivity contribution in [3.63, 3.8) is 0 Å². The lowest BCUT2D eigenvalue weighted by Gasteiger charge is -2.31. The second kappa shape index (κ2) is 8.21. The summed E-state index contributed by atoms with van der Waals surface area (Å²) in [6.07, 6.45) is 3.95. The fraction of sp³-hybridized carbons (Fsp3) is 0.600. The molecule has 3 rings (SSSR count). The van der Waals surface area contributed by atoms with Crippen LogP contribution in [-0.2, 0) is 32.5 Å². The van der Waals surface area contributed by atoms with E-state index in [2.05, 4.69) is 5.32 Å². The molecule has 0 saturated carbocycles. The van der Waals surface area contributed by atoms with Gasteiger partial charge in [0.25, 0.3) is 0 Å². The molecule has 1 aliphatic carbocycles. The Morgan fingerprint density at radius 1 is 1.14 bits per heavy atom. The van der Waals surface area contributed by atoms with Gasteiger partial charge >= 0.3 is 0 Å². The second-order valence-corrected chi connectivity index (χ2v) is 9.86. The molecule has 1 atom stereocenters. The van der Waals surface area contributed by atoms with Crippen molar-refractivity contribution in [3.05, 3.63) is 29.3 Å². The minimum atomic E-state index is -3.54. The van der Waals surface area contributed by atoms with Crippen LogP contribution in [0.1, 0.15) is 37.3 Å². The highest BCUT2D eigenvalue weighted by molar-refractivity contribution is 7.89. The number of hydrogen-bond donors (Lipinski definition) is 1. The molecule has 0 radical (unpaired) electrons. The first-order chi connectivity index (χ1) is 13.2. The van der Waals surface area contributed by atoms with E-state index in [1.54, 1.807) is 27.1 Å². The monoisotopic (exact) mass is 407 g/mol. The van der Waals surface area contributed by atoms with E-state index in [0.717, 1.165) is 24.8 Å². The zero-order valence-corrected chi connectivity index (χ0v) is 17.6. The van der Waals surface area contributed by atoms with Gasteiger partial charge in [0.05, 0.1) is 4.90 Å². The van der Waals surface area contributed by atoms with Crippen LogP contribution in [0.3, 0.4) is 0 Å². The third-order valence-electron chi connectivity index (χ3n) is 5.70. The van der Waals surface area contributed by atoms with E-state index in [1.165, 1.54) is 14.8 Å². The number of aryl methyl sites for hydroxylation is 2. The van der Waals surface area contributed by atoms with Crippen LogP contribution in [0.4, 0.5) is 0 Å². The number of piperidine rings is 1. The third kappa shape index (κ3) is 4.22. The van der Waals surface area contributed by atoms with Crippen LogP contribution in [0, 0.1) is 5.92 Å². The molecule has 1 N–H and O–H groups in total.